The highest BCUT2D eigenvalue weighted by atomic mass is 16.4. The van der Waals surface area contributed by atoms with E-state index in [2.05, 4.69) is 20.9 Å². The van der Waals surface area contributed by atoms with Gasteiger partial charge in [0.15, 0.2) is 0 Å². The summed E-state index contributed by atoms with van der Waals surface area (Å²) in [5.41, 5.74) is 0. The van der Waals surface area contributed by atoms with Crippen molar-refractivity contribution in [2.75, 3.05) is 58.9 Å². The fourth-order valence-electron chi connectivity index (χ4n) is 2.14. The lowest BCUT2D eigenvalue weighted by molar-refractivity contribution is -0.137. The van der Waals surface area contributed by atoms with E-state index in [0.29, 0.717) is 6.54 Å². The molecule has 0 saturated carbocycles. The highest BCUT2D eigenvalue weighted by molar-refractivity contribution is 5.66. The number of nitrogens with zero attached hydrogens (tertiary/aromatic N) is 1. The molecule has 4 N–H and O–H groups in total. The van der Waals surface area contributed by atoms with E-state index in [4.69, 9.17) is 5.11 Å². The first-order valence-corrected chi connectivity index (χ1v) is 7.35. The number of rotatable bonds is 3. The largest absolute Gasteiger partial charge is 0.481 e. The SMILES string of the molecule is O=C(O)CCN1CCCNCCNCCCNCC1. The van der Waals surface area contributed by atoms with Crippen LogP contribution < -0.4 is 16.0 Å². The molecule has 0 aromatic rings. The molecule has 1 rings (SSSR count). The quantitative estimate of drug-likeness (QED) is 0.546. The first-order chi connectivity index (χ1) is 9.29. The van der Waals surface area contributed by atoms with Gasteiger partial charge in [-0.15, -0.1) is 0 Å². The van der Waals surface area contributed by atoms with Crippen molar-refractivity contribution in [2.24, 2.45) is 0 Å². The molecule has 1 fully saturated rings. The standard InChI is InChI=1S/C13H28N4O2/c18-13(19)3-11-17-10-2-6-15-8-7-14-4-1-5-16-9-12-17/h14-16H,1-12H2,(H,18,19). The molecule has 19 heavy (non-hydrogen) atoms. The molecule has 112 valence electrons. The molecule has 6 heteroatoms. The molecule has 0 spiro atoms. The van der Waals surface area contributed by atoms with Crippen molar-refractivity contribution in [3.05, 3.63) is 0 Å². The van der Waals surface area contributed by atoms with Gasteiger partial charge in [-0.3, -0.25) is 4.79 Å². The minimum atomic E-state index is -0.712. The minimum Gasteiger partial charge on any atom is -0.481 e. The number of carbonyl (C=O) groups is 1. The minimum absolute atomic E-state index is 0.233. The maximum absolute atomic E-state index is 10.6. The van der Waals surface area contributed by atoms with Gasteiger partial charge < -0.3 is 26.0 Å². The number of carboxylic acids is 1. The second-order valence-electron chi connectivity index (χ2n) is 4.94. The highest BCUT2D eigenvalue weighted by Gasteiger charge is 2.07. The predicted octanol–water partition coefficient (Wildman–Crippen LogP) is -0.674. The molecular weight excluding hydrogens is 244 g/mol. The van der Waals surface area contributed by atoms with Crippen molar-refractivity contribution in [3.63, 3.8) is 0 Å². The Morgan fingerprint density at radius 3 is 2.21 bits per heavy atom. The number of nitrogens with one attached hydrogen (secondary N) is 3. The Bertz CT molecular complexity index is 225. The lowest BCUT2D eigenvalue weighted by Gasteiger charge is -2.22. The van der Waals surface area contributed by atoms with Gasteiger partial charge in [0.25, 0.3) is 0 Å². The van der Waals surface area contributed by atoms with E-state index >= 15 is 0 Å². The summed E-state index contributed by atoms with van der Waals surface area (Å²) in [6.07, 6.45) is 2.44. The number of hydrogen-bond acceptors (Lipinski definition) is 5. The van der Waals surface area contributed by atoms with Crippen molar-refractivity contribution in [1.82, 2.24) is 20.9 Å². The third-order valence-corrected chi connectivity index (χ3v) is 3.26. The summed E-state index contributed by atoms with van der Waals surface area (Å²) in [6.45, 7) is 8.58. The third-order valence-electron chi connectivity index (χ3n) is 3.26. The molecule has 1 aliphatic rings. The van der Waals surface area contributed by atoms with Crippen molar-refractivity contribution in [3.8, 4) is 0 Å². The van der Waals surface area contributed by atoms with Crippen LogP contribution in [0.25, 0.3) is 0 Å². The van der Waals surface area contributed by atoms with Crippen LogP contribution in [0.3, 0.4) is 0 Å². The van der Waals surface area contributed by atoms with Crippen LogP contribution >= 0.6 is 0 Å². The van der Waals surface area contributed by atoms with Crippen molar-refractivity contribution in [1.29, 1.82) is 0 Å². The van der Waals surface area contributed by atoms with Gasteiger partial charge in [-0.2, -0.15) is 0 Å². The molecule has 0 atom stereocenters. The first-order valence-electron chi connectivity index (χ1n) is 7.35. The number of aliphatic carboxylic acids is 1. The molecule has 0 bridgehead atoms. The van der Waals surface area contributed by atoms with Gasteiger partial charge in [0.05, 0.1) is 6.42 Å². The van der Waals surface area contributed by atoms with Crippen LogP contribution in [-0.4, -0.2) is 74.9 Å². The van der Waals surface area contributed by atoms with Gasteiger partial charge in [0.1, 0.15) is 0 Å². The van der Waals surface area contributed by atoms with Gasteiger partial charge >= 0.3 is 5.97 Å². The van der Waals surface area contributed by atoms with Crippen LogP contribution in [0.5, 0.6) is 0 Å². The zero-order chi connectivity index (χ0) is 13.8. The molecule has 0 aliphatic carbocycles. The Labute approximate surface area is 115 Å². The summed E-state index contributed by atoms with van der Waals surface area (Å²) in [5, 5.41) is 19.0. The van der Waals surface area contributed by atoms with E-state index in [-0.39, 0.29) is 6.42 Å². The Morgan fingerprint density at radius 2 is 1.53 bits per heavy atom. The van der Waals surface area contributed by atoms with Crippen molar-refractivity contribution in [2.45, 2.75) is 19.3 Å². The van der Waals surface area contributed by atoms with E-state index in [1.54, 1.807) is 0 Å². The normalized spacial score (nSPS) is 21.7. The molecule has 0 aromatic heterocycles. The third kappa shape index (κ3) is 9.84. The topological polar surface area (TPSA) is 76.6 Å². The molecular formula is C13H28N4O2. The van der Waals surface area contributed by atoms with E-state index in [1.165, 1.54) is 0 Å². The van der Waals surface area contributed by atoms with E-state index in [9.17, 15) is 4.79 Å². The van der Waals surface area contributed by atoms with Gasteiger partial charge in [-0.1, -0.05) is 0 Å². The smallest absolute Gasteiger partial charge is 0.304 e. The fourth-order valence-corrected chi connectivity index (χ4v) is 2.14. The Kier molecular flexibility index (Phi) is 9.61. The molecule has 0 radical (unpaired) electrons. The lowest BCUT2D eigenvalue weighted by Crippen LogP contribution is -2.37. The highest BCUT2D eigenvalue weighted by Crippen LogP contribution is 1.94. The second-order valence-corrected chi connectivity index (χ2v) is 4.94. The van der Waals surface area contributed by atoms with Crippen LogP contribution in [-0.2, 0) is 4.79 Å². The first kappa shape index (κ1) is 16.4. The van der Waals surface area contributed by atoms with Crippen molar-refractivity contribution >= 4 is 5.97 Å². The average Bonchev–Trinajstić information content (AvgIpc) is 2.39. The summed E-state index contributed by atoms with van der Waals surface area (Å²) in [4.78, 5) is 12.9. The van der Waals surface area contributed by atoms with Gasteiger partial charge in [0, 0.05) is 32.7 Å². The Balaban J connectivity index is 2.25. The van der Waals surface area contributed by atoms with Crippen LogP contribution in [0.15, 0.2) is 0 Å². The van der Waals surface area contributed by atoms with Crippen molar-refractivity contribution < 1.29 is 9.90 Å². The fraction of sp³-hybridized carbons (Fsp3) is 0.923. The van der Waals surface area contributed by atoms with Gasteiger partial charge in [-0.25, -0.2) is 0 Å². The molecule has 1 heterocycles. The van der Waals surface area contributed by atoms with Gasteiger partial charge in [0.2, 0.25) is 0 Å². The molecule has 1 saturated heterocycles. The maximum atomic E-state index is 10.6. The molecule has 0 unspecified atom stereocenters. The van der Waals surface area contributed by atoms with E-state index < -0.39 is 5.97 Å². The second kappa shape index (κ2) is 11.2. The van der Waals surface area contributed by atoms with E-state index in [0.717, 1.165) is 65.2 Å². The molecule has 0 aromatic carbocycles. The predicted molar refractivity (Wildman–Crippen MR) is 76.5 cm³/mol. The van der Waals surface area contributed by atoms with Crippen LogP contribution in [0.1, 0.15) is 19.3 Å². The molecule has 1 aliphatic heterocycles. The zero-order valence-corrected chi connectivity index (χ0v) is 11.8. The van der Waals surface area contributed by atoms with Crippen LogP contribution in [0, 0.1) is 0 Å². The average molecular weight is 272 g/mol. The number of hydrogen-bond donors (Lipinski definition) is 4. The maximum Gasteiger partial charge on any atom is 0.304 e. The molecule has 6 nitrogen and oxygen atoms in total. The monoisotopic (exact) mass is 272 g/mol. The lowest BCUT2D eigenvalue weighted by atomic mass is 10.3. The van der Waals surface area contributed by atoms with E-state index in [1.807, 2.05) is 0 Å². The Hall–Kier alpha value is -0.690. The summed E-state index contributed by atoms with van der Waals surface area (Å²) >= 11 is 0. The number of carboxylic acid groups (broad SMARTS) is 1. The summed E-state index contributed by atoms with van der Waals surface area (Å²) < 4.78 is 0. The van der Waals surface area contributed by atoms with Crippen LogP contribution in [0.2, 0.25) is 0 Å². The summed E-state index contributed by atoms with van der Waals surface area (Å²) in [7, 11) is 0. The molecule has 0 amide bonds. The van der Waals surface area contributed by atoms with Gasteiger partial charge in [-0.05, 0) is 39.0 Å². The zero-order valence-electron chi connectivity index (χ0n) is 11.8. The Morgan fingerprint density at radius 1 is 0.895 bits per heavy atom. The summed E-state index contributed by atoms with van der Waals surface area (Å²) in [6, 6.07) is 0. The van der Waals surface area contributed by atoms with Crippen LogP contribution in [0.4, 0.5) is 0 Å². The summed E-state index contributed by atoms with van der Waals surface area (Å²) in [5.74, 6) is -0.712.